The monoisotopic (exact) mass is 176 g/mol. The maximum absolute atomic E-state index is 5.52. The highest BCUT2D eigenvalue weighted by Gasteiger charge is 1.99. The van der Waals surface area contributed by atoms with Gasteiger partial charge < -0.3 is 15.5 Å². The quantitative estimate of drug-likeness (QED) is 0.730. The number of ether oxygens (including phenoxy) is 1. The van der Waals surface area contributed by atoms with Gasteiger partial charge in [0, 0.05) is 23.1 Å². The fourth-order valence-corrected chi connectivity index (χ4v) is 1.41. The summed E-state index contributed by atoms with van der Waals surface area (Å²) >= 11 is 0. The highest BCUT2D eigenvalue weighted by molar-refractivity contribution is 5.81. The molecule has 0 bridgehead atoms. The summed E-state index contributed by atoms with van der Waals surface area (Å²) in [4.78, 5) is 3.22. The normalized spacial score (nSPS) is 10.6. The Morgan fingerprint density at radius 2 is 2.23 bits per heavy atom. The van der Waals surface area contributed by atoms with E-state index in [1.165, 1.54) is 0 Å². The van der Waals surface area contributed by atoms with E-state index in [0.717, 1.165) is 22.3 Å². The number of rotatable bonds is 2. The van der Waals surface area contributed by atoms with Gasteiger partial charge in [-0.25, -0.2) is 0 Å². The fourth-order valence-electron chi connectivity index (χ4n) is 1.41. The number of nitrogens with two attached hydrogens (primary N) is 1. The van der Waals surface area contributed by atoms with Crippen molar-refractivity contribution in [2.75, 3.05) is 7.11 Å². The number of hydrogen-bond donors (Lipinski definition) is 2. The SMILES string of the molecule is COc1ccc2[nH]c(CN)cc2c1. The molecule has 0 saturated carbocycles. The van der Waals surface area contributed by atoms with Crippen LogP contribution in [0.4, 0.5) is 0 Å². The van der Waals surface area contributed by atoms with Crippen LogP contribution in [-0.2, 0) is 6.54 Å². The van der Waals surface area contributed by atoms with Gasteiger partial charge in [-0.05, 0) is 24.3 Å². The van der Waals surface area contributed by atoms with Crippen molar-refractivity contribution in [1.29, 1.82) is 0 Å². The largest absolute Gasteiger partial charge is 0.497 e. The summed E-state index contributed by atoms with van der Waals surface area (Å²) in [6.45, 7) is 0.539. The average Bonchev–Trinajstić information content (AvgIpc) is 2.58. The molecule has 0 spiro atoms. The number of benzene rings is 1. The number of aromatic amines is 1. The highest BCUT2D eigenvalue weighted by Crippen LogP contribution is 2.20. The molecule has 1 aromatic carbocycles. The predicted octanol–water partition coefficient (Wildman–Crippen LogP) is 1.64. The van der Waals surface area contributed by atoms with Gasteiger partial charge in [-0.1, -0.05) is 0 Å². The van der Waals surface area contributed by atoms with Crippen LogP contribution in [0.5, 0.6) is 5.75 Å². The van der Waals surface area contributed by atoms with Gasteiger partial charge in [0.05, 0.1) is 7.11 Å². The van der Waals surface area contributed by atoms with Crippen LogP contribution in [0.15, 0.2) is 24.3 Å². The lowest BCUT2D eigenvalue weighted by Gasteiger charge is -1.97. The summed E-state index contributed by atoms with van der Waals surface area (Å²) in [6.07, 6.45) is 0. The molecule has 0 unspecified atom stereocenters. The van der Waals surface area contributed by atoms with E-state index in [2.05, 4.69) is 4.98 Å². The molecular weight excluding hydrogens is 164 g/mol. The van der Waals surface area contributed by atoms with Crippen LogP contribution in [0, 0.1) is 0 Å². The first kappa shape index (κ1) is 8.13. The molecule has 0 aliphatic heterocycles. The van der Waals surface area contributed by atoms with E-state index in [0.29, 0.717) is 6.54 Å². The molecule has 68 valence electrons. The summed E-state index contributed by atoms with van der Waals surface area (Å²) < 4.78 is 5.12. The minimum Gasteiger partial charge on any atom is -0.497 e. The van der Waals surface area contributed by atoms with Crippen LogP contribution < -0.4 is 10.5 Å². The molecule has 0 radical (unpaired) electrons. The summed E-state index contributed by atoms with van der Waals surface area (Å²) in [6, 6.07) is 7.95. The molecule has 1 aromatic heterocycles. The molecular formula is C10H12N2O. The van der Waals surface area contributed by atoms with Crippen LogP contribution in [0.2, 0.25) is 0 Å². The Morgan fingerprint density at radius 1 is 1.38 bits per heavy atom. The van der Waals surface area contributed by atoms with Crippen LogP contribution in [0.1, 0.15) is 5.69 Å². The van der Waals surface area contributed by atoms with E-state index < -0.39 is 0 Å². The smallest absolute Gasteiger partial charge is 0.119 e. The van der Waals surface area contributed by atoms with E-state index in [-0.39, 0.29) is 0 Å². The lowest BCUT2D eigenvalue weighted by atomic mass is 10.2. The molecule has 2 aromatic rings. The van der Waals surface area contributed by atoms with Gasteiger partial charge in [-0.3, -0.25) is 0 Å². The van der Waals surface area contributed by atoms with Crippen LogP contribution in [0.3, 0.4) is 0 Å². The second-order valence-electron chi connectivity index (χ2n) is 2.95. The van der Waals surface area contributed by atoms with Crippen LogP contribution in [0.25, 0.3) is 10.9 Å². The van der Waals surface area contributed by atoms with Crippen molar-refractivity contribution in [1.82, 2.24) is 4.98 Å². The van der Waals surface area contributed by atoms with E-state index in [1.54, 1.807) is 7.11 Å². The molecule has 3 heteroatoms. The van der Waals surface area contributed by atoms with Gasteiger partial charge in [0.1, 0.15) is 5.75 Å². The first-order valence-corrected chi connectivity index (χ1v) is 4.19. The fraction of sp³-hybridized carbons (Fsp3) is 0.200. The van der Waals surface area contributed by atoms with Gasteiger partial charge in [-0.15, -0.1) is 0 Å². The van der Waals surface area contributed by atoms with Crippen molar-refractivity contribution in [2.24, 2.45) is 5.73 Å². The van der Waals surface area contributed by atoms with Crippen molar-refractivity contribution in [3.05, 3.63) is 30.0 Å². The summed E-state index contributed by atoms with van der Waals surface area (Å²) in [5.41, 5.74) is 7.66. The number of aromatic nitrogens is 1. The minimum atomic E-state index is 0.539. The molecule has 2 rings (SSSR count). The van der Waals surface area contributed by atoms with Crippen molar-refractivity contribution in [3.8, 4) is 5.75 Å². The topological polar surface area (TPSA) is 51.0 Å². The van der Waals surface area contributed by atoms with Gasteiger partial charge in [0.25, 0.3) is 0 Å². The second-order valence-corrected chi connectivity index (χ2v) is 2.95. The summed E-state index contributed by atoms with van der Waals surface area (Å²) in [5, 5.41) is 1.14. The molecule has 3 N–H and O–H groups in total. The molecule has 0 amide bonds. The third-order valence-electron chi connectivity index (χ3n) is 2.10. The molecule has 0 fully saturated rings. The van der Waals surface area contributed by atoms with Crippen molar-refractivity contribution < 1.29 is 4.74 Å². The molecule has 3 nitrogen and oxygen atoms in total. The lowest BCUT2D eigenvalue weighted by molar-refractivity contribution is 0.415. The van der Waals surface area contributed by atoms with E-state index >= 15 is 0 Å². The molecule has 0 aliphatic rings. The van der Waals surface area contributed by atoms with Crippen LogP contribution >= 0.6 is 0 Å². The van der Waals surface area contributed by atoms with Crippen molar-refractivity contribution in [3.63, 3.8) is 0 Å². The van der Waals surface area contributed by atoms with E-state index in [1.807, 2.05) is 24.3 Å². The molecule has 0 aliphatic carbocycles. The van der Waals surface area contributed by atoms with Gasteiger partial charge >= 0.3 is 0 Å². The third-order valence-corrected chi connectivity index (χ3v) is 2.10. The lowest BCUT2D eigenvalue weighted by Crippen LogP contribution is -1.94. The number of hydrogen-bond acceptors (Lipinski definition) is 2. The van der Waals surface area contributed by atoms with Gasteiger partial charge in [0.2, 0.25) is 0 Å². The number of methoxy groups -OCH3 is 1. The summed E-state index contributed by atoms with van der Waals surface area (Å²) in [5.74, 6) is 0.870. The number of nitrogens with one attached hydrogen (secondary N) is 1. The Kier molecular flexibility index (Phi) is 1.94. The summed E-state index contributed by atoms with van der Waals surface area (Å²) in [7, 11) is 1.66. The molecule has 1 heterocycles. The van der Waals surface area contributed by atoms with Crippen LogP contribution in [-0.4, -0.2) is 12.1 Å². The predicted molar refractivity (Wildman–Crippen MR) is 52.7 cm³/mol. The molecule has 0 atom stereocenters. The molecule has 0 saturated heterocycles. The number of H-pyrrole nitrogens is 1. The van der Waals surface area contributed by atoms with Gasteiger partial charge in [0.15, 0.2) is 0 Å². The average molecular weight is 176 g/mol. The van der Waals surface area contributed by atoms with Crippen molar-refractivity contribution in [2.45, 2.75) is 6.54 Å². The maximum atomic E-state index is 5.52. The zero-order valence-corrected chi connectivity index (χ0v) is 7.50. The third kappa shape index (κ3) is 1.38. The highest BCUT2D eigenvalue weighted by atomic mass is 16.5. The van der Waals surface area contributed by atoms with Gasteiger partial charge in [-0.2, -0.15) is 0 Å². The Morgan fingerprint density at radius 3 is 2.92 bits per heavy atom. The first-order valence-electron chi connectivity index (χ1n) is 4.19. The minimum absolute atomic E-state index is 0.539. The first-order chi connectivity index (χ1) is 6.33. The number of fused-ring (bicyclic) bond motifs is 1. The zero-order valence-electron chi connectivity index (χ0n) is 7.50. The molecule has 13 heavy (non-hydrogen) atoms. The zero-order chi connectivity index (χ0) is 9.26. The second kappa shape index (κ2) is 3.11. The Bertz CT molecular complexity index is 418. The maximum Gasteiger partial charge on any atom is 0.119 e. The standard InChI is InChI=1S/C10H12N2O/c1-13-9-2-3-10-7(5-9)4-8(6-11)12-10/h2-5,12H,6,11H2,1H3. The Balaban J connectivity index is 2.57. The Labute approximate surface area is 76.5 Å². The van der Waals surface area contributed by atoms with E-state index in [9.17, 15) is 0 Å². The van der Waals surface area contributed by atoms with Crippen molar-refractivity contribution >= 4 is 10.9 Å². The Hall–Kier alpha value is -1.48. The van der Waals surface area contributed by atoms with E-state index in [4.69, 9.17) is 10.5 Å².